The number of aromatic carboxylic acids is 1. The maximum absolute atomic E-state index is 12.4. The molecule has 0 bridgehead atoms. The predicted octanol–water partition coefficient (Wildman–Crippen LogP) is 3.09. The van der Waals surface area contributed by atoms with Crippen LogP contribution in [0.15, 0.2) is 24.5 Å². The highest BCUT2D eigenvalue weighted by atomic mass is 16.6. The second kappa shape index (κ2) is 6.20. The molecule has 1 aromatic heterocycles. The molecule has 0 aliphatic rings. The Hall–Kier alpha value is -2.70. The first-order valence-electron chi connectivity index (χ1n) is 7.21. The van der Waals surface area contributed by atoms with E-state index in [0.29, 0.717) is 23.3 Å². The SMILES string of the molecule is CCN(C(=O)OC(C)(C)C)c1ncnc2cc(C(=O)O)ccc12. The summed E-state index contributed by atoms with van der Waals surface area (Å²) >= 11 is 0. The fourth-order valence-corrected chi connectivity index (χ4v) is 2.07. The average molecular weight is 317 g/mol. The van der Waals surface area contributed by atoms with Crippen LogP contribution in [0.5, 0.6) is 0 Å². The van der Waals surface area contributed by atoms with E-state index in [1.165, 1.54) is 23.4 Å². The van der Waals surface area contributed by atoms with E-state index in [4.69, 9.17) is 9.84 Å². The van der Waals surface area contributed by atoms with Gasteiger partial charge in [-0.2, -0.15) is 0 Å². The number of rotatable bonds is 3. The minimum atomic E-state index is -1.04. The van der Waals surface area contributed by atoms with Crippen LogP contribution in [0.25, 0.3) is 10.9 Å². The molecule has 122 valence electrons. The van der Waals surface area contributed by atoms with Crippen LogP contribution in [0, 0.1) is 0 Å². The van der Waals surface area contributed by atoms with Crippen LogP contribution >= 0.6 is 0 Å². The molecule has 0 aliphatic heterocycles. The fraction of sp³-hybridized carbons (Fsp3) is 0.375. The summed E-state index contributed by atoms with van der Waals surface area (Å²) < 4.78 is 5.39. The van der Waals surface area contributed by atoms with Crippen molar-refractivity contribution < 1.29 is 19.4 Å². The van der Waals surface area contributed by atoms with Gasteiger partial charge in [0.1, 0.15) is 17.7 Å². The number of benzene rings is 1. The number of hydrogen-bond acceptors (Lipinski definition) is 5. The van der Waals surface area contributed by atoms with Crippen LogP contribution in [0.4, 0.5) is 10.6 Å². The summed E-state index contributed by atoms with van der Waals surface area (Å²) in [5, 5.41) is 9.64. The van der Waals surface area contributed by atoms with E-state index in [2.05, 4.69) is 9.97 Å². The lowest BCUT2D eigenvalue weighted by Gasteiger charge is -2.26. The summed E-state index contributed by atoms with van der Waals surface area (Å²) in [5.74, 6) is -0.643. The third-order valence-corrected chi connectivity index (χ3v) is 3.05. The first kappa shape index (κ1) is 16.7. The van der Waals surface area contributed by atoms with Crippen LogP contribution < -0.4 is 4.90 Å². The molecule has 0 atom stereocenters. The second-order valence-corrected chi connectivity index (χ2v) is 5.96. The molecular formula is C16H19N3O4. The van der Waals surface area contributed by atoms with Gasteiger partial charge in [0.2, 0.25) is 0 Å². The van der Waals surface area contributed by atoms with E-state index in [9.17, 15) is 9.59 Å². The summed E-state index contributed by atoms with van der Waals surface area (Å²) in [7, 11) is 0. The van der Waals surface area contributed by atoms with Crippen molar-refractivity contribution >= 4 is 28.8 Å². The van der Waals surface area contributed by atoms with Crippen molar-refractivity contribution in [1.82, 2.24) is 9.97 Å². The fourth-order valence-electron chi connectivity index (χ4n) is 2.07. The molecule has 7 nitrogen and oxygen atoms in total. The van der Waals surface area contributed by atoms with Gasteiger partial charge < -0.3 is 9.84 Å². The first-order valence-corrected chi connectivity index (χ1v) is 7.21. The summed E-state index contributed by atoms with van der Waals surface area (Å²) in [6, 6.07) is 4.51. The van der Waals surface area contributed by atoms with Gasteiger partial charge >= 0.3 is 12.1 Å². The van der Waals surface area contributed by atoms with E-state index < -0.39 is 17.7 Å². The van der Waals surface area contributed by atoms with Gasteiger partial charge in [-0.3, -0.25) is 4.90 Å². The Balaban J connectivity index is 2.48. The van der Waals surface area contributed by atoms with Crippen molar-refractivity contribution in [3.05, 3.63) is 30.1 Å². The van der Waals surface area contributed by atoms with Gasteiger partial charge in [0.05, 0.1) is 11.1 Å². The average Bonchev–Trinajstić information content (AvgIpc) is 2.45. The van der Waals surface area contributed by atoms with Gasteiger partial charge in [0.25, 0.3) is 0 Å². The zero-order valence-electron chi connectivity index (χ0n) is 13.5. The van der Waals surface area contributed by atoms with Crippen LogP contribution in [0.2, 0.25) is 0 Å². The molecule has 0 saturated heterocycles. The molecule has 1 amide bonds. The maximum atomic E-state index is 12.4. The van der Waals surface area contributed by atoms with Crippen molar-refractivity contribution in [2.45, 2.75) is 33.3 Å². The molecule has 1 N–H and O–H groups in total. The number of aromatic nitrogens is 2. The monoisotopic (exact) mass is 317 g/mol. The topological polar surface area (TPSA) is 92.6 Å². The van der Waals surface area contributed by atoms with Gasteiger partial charge in [0, 0.05) is 11.9 Å². The quantitative estimate of drug-likeness (QED) is 0.935. The first-order chi connectivity index (χ1) is 10.7. The molecule has 0 spiro atoms. The number of carboxylic acid groups (broad SMARTS) is 1. The molecule has 0 radical (unpaired) electrons. The van der Waals surface area contributed by atoms with Crippen LogP contribution in [-0.2, 0) is 4.74 Å². The van der Waals surface area contributed by atoms with Gasteiger partial charge in [-0.05, 0) is 45.9 Å². The Bertz CT molecular complexity index is 753. The largest absolute Gasteiger partial charge is 0.478 e. The molecule has 0 saturated carbocycles. The van der Waals surface area contributed by atoms with Crippen LogP contribution in [0.1, 0.15) is 38.1 Å². The third-order valence-electron chi connectivity index (χ3n) is 3.05. The summed E-state index contributed by atoms with van der Waals surface area (Å²) in [5.41, 5.74) is -0.0385. The Kier molecular flexibility index (Phi) is 4.49. The minimum absolute atomic E-state index is 0.127. The highest BCUT2D eigenvalue weighted by Crippen LogP contribution is 2.25. The number of anilines is 1. The highest BCUT2D eigenvalue weighted by Gasteiger charge is 2.24. The molecule has 0 unspecified atom stereocenters. The van der Waals surface area contributed by atoms with Crippen molar-refractivity contribution in [1.29, 1.82) is 0 Å². The van der Waals surface area contributed by atoms with Crippen molar-refractivity contribution in [2.75, 3.05) is 11.4 Å². The Morgan fingerprint density at radius 1 is 1.26 bits per heavy atom. The Morgan fingerprint density at radius 2 is 1.96 bits per heavy atom. The van der Waals surface area contributed by atoms with E-state index in [0.717, 1.165) is 0 Å². The molecule has 0 fully saturated rings. The number of ether oxygens (including phenoxy) is 1. The number of carbonyl (C=O) groups excluding carboxylic acids is 1. The summed E-state index contributed by atoms with van der Waals surface area (Å²) in [4.78, 5) is 33.1. The van der Waals surface area contributed by atoms with Crippen LogP contribution in [-0.4, -0.2) is 39.3 Å². The standard InChI is InChI=1S/C16H19N3O4/c1-5-19(15(22)23-16(2,3)4)13-11-7-6-10(14(20)21)8-12(11)17-9-18-13/h6-9H,5H2,1-4H3,(H,20,21). The maximum Gasteiger partial charge on any atom is 0.416 e. The van der Waals surface area contributed by atoms with Crippen molar-refractivity contribution in [2.24, 2.45) is 0 Å². The van der Waals surface area contributed by atoms with E-state index >= 15 is 0 Å². The zero-order valence-corrected chi connectivity index (χ0v) is 13.5. The summed E-state index contributed by atoms with van der Waals surface area (Å²) in [6.07, 6.45) is 0.790. The second-order valence-electron chi connectivity index (χ2n) is 5.96. The van der Waals surface area contributed by atoms with Gasteiger partial charge in [-0.25, -0.2) is 19.6 Å². The smallest absolute Gasteiger partial charge is 0.416 e. The number of amides is 1. The minimum Gasteiger partial charge on any atom is -0.478 e. The molecular weight excluding hydrogens is 298 g/mol. The Morgan fingerprint density at radius 3 is 2.52 bits per heavy atom. The normalized spacial score (nSPS) is 11.3. The number of fused-ring (bicyclic) bond motifs is 1. The lowest BCUT2D eigenvalue weighted by molar-refractivity contribution is 0.0580. The van der Waals surface area contributed by atoms with Gasteiger partial charge in [-0.15, -0.1) is 0 Å². The van der Waals surface area contributed by atoms with Gasteiger partial charge in [0.15, 0.2) is 0 Å². The molecule has 7 heteroatoms. The molecule has 1 aromatic carbocycles. The molecule has 2 aromatic rings. The molecule has 1 heterocycles. The highest BCUT2D eigenvalue weighted by molar-refractivity contribution is 6.00. The van der Waals surface area contributed by atoms with Crippen LogP contribution in [0.3, 0.4) is 0 Å². The van der Waals surface area contributed by atoms with E-state index in [1.807, 2.05) is 6.92 Å². The number of nitrogens with zero attached hydrogens (tertiary/aromatic N) is 3. The number of hydrogen-bond donors (Lipinski definition) is 1. The molecule has 23 heavy (non-hydrogen) atoms. The zero-order chi connectivity index (χ0) is 17.2. The van der Waals surface area contributed by atoms with Crippen molar-refractivity contribution in [3.8, 4) is 0 Å². The molecule has 2 rings (SSSR count). The van der Waals surface area contributed by atoms with Gasteiger partial charge in [-0.1, -0.05) is 0 Å². The van der Waals surface area contributed by atoms with E-state index in [-0.39, 0.29) is 5.56 Å². The van der Waals surface area contributed by atoms with Crippen molar-refractivity contribution in [3.63, 3.8) is 0 Å². The Labute approximate surface area is 133 Å². The third kappa shape index (κ3) is 3.74. The predicted molar refractivity (Wildman–Crippen MR) is 85.8 cm³/mol. The lowest BCUT2D eigenvalue weighted by Crippen LogP contribution is -2.37. The molecule has 0 aliphatic carbocycles. The number of carboxylic acids is 1. The van der Waals surface area contributed by atoms with E-state index in [1.54, 1.807) is 26.8 Å². The number of carbonyl (C=O) groups is 2. The lowest BCUT2D eigenvalue weighted by atomic mass is 10.1. The summed E-state index contributed by atoms with van der Waals surface area (Å²) in [6.45, 7) is 7.53.